The van der Waals surface area contributed by atoms with E-state index in [1.807, 2.05) is 36.6 Å². The zero-order valence-corrected chi connectivity index (χ0v) is 16.2. The molecule has 0 aliphatic rings. The molecule has 2 N–H and O–H groups in total. The fourth-order valence-electron chi connectivity index (χ4n) is 2.70. The number of ether oxygens (including phenoxy) is 1. The van der Waals surface area contributed by atoms with Gasteiger partial charge in [0.05, 0.1) is 12.0 Å². The third-order valence-electron chi connectivity index (χ3n) is 3.95. The standard InChI is InChI=1S/C18H20N4O2S2/c1-12-5-6-14(24-2)13(10-12)7-8-19-16(23)11-22-17(20-21-18(22)25)15-4-3-9-26-15/h3-6,9-10H,7-8,11H2,1-2H3,(H,19,23)(H,21,25). The quantitative estimate of drug-likeness (QED) is 0.609. The van der Waals surface area contributed by atoms with Crippen molar-refractivity contribution in [3.8, 4) is 16.5 Å². The number of carbonyl (C=O) groups excluding carboxylic acids is 1. The molecular weight excluding hydrogens is 368 g/mol. The molecule has 0 atom stereocenters. The average Bonchev–Trinajstić information content (AvgIpc) is 3.26. The van der Waals surface area contributed by atoms with Gasteiger partial charge >= 0.3 is 0 Å². The van der Waals surface area contributed by atoms with Crippen LogP contribution in [0.1, 0.15) is 11.1 Å². The lowest BCUT2D eigenvalue weighted by Gasteiger charge is -2.11. The van der Waals surface area contributed by atoms with Crippen molar-refractivity contribution in [3.05, 3.63) is 51.6 Å². The Morgan fingerprint density at radius 3 is 3.00 bits per heavy atom. The van der Waals surface area contributed by atoms with Crippen LogP contribution in [0, 0.1) is 11.7 Å². The summed E-state index contributed by atoms with van der Waals surface area (Å²) in [5.74, 6) is 1.41. The molecule has 2 heterocycles. The number of nitrogens with zero attached hydrogens (tertiary/aromatic N) is 2. The van der Waals surface area contributed by atoms with Crippen LogP contribution in [0.25, 0.3) is 10.7 Å². The third kappa shape index (κ3) is 4.20. The van der Waals surface area contributed by atoms with E-state index in [1.165, 1.54) is 0 Å². The van der Waals surface area contributed by atoms with Crippen molar-refractivity contribution in [2.75, 3.05) is 13.7 Å². The van der Waals surface area contributed by atoms with Crippen LogP contribution in [0.2, 0.25) is 0 Å². The molecule has 0 aliphatic heterocycles. The highest BCUT2D eigenvalue weighted by atomic mass is 32.1. The smallest absolute Gasteiger partial charge is 0.240 e. The summed E-state index contributed by atoms with van der Waals surface area (Å²) in [7, 11) is 1.65. The molecule has 0 spiro atoms. The van der Waals surface area contributed by atoms with Gasteiger partial charge in [0.15, 0.2) is 10.6 Å². The Hall–Kier alpha value is -2.45. The lowest BCUT2D eigenvalue weighted by atomic mass is 10.1. The van der Waals surface area contributed by atoms with Gasteiger partial charge < -0.3 is 10.1 Å². The number of aromatic nitrogens is 3. The van der Waals surface area contributed by atoms with Crippen molar-refractivity contribution in [1.29, 1.82) is 0 Å². The van der Waals surface area contributed by atoms with Gasteiger partial charge in [-0.1, -0.05) is 23.8 Å². The van der Waals surface area contributed by atoms with Crippen LogP contribution >= 0.6 is 23.6 Å². The normalized spacial score (nSPS) is 10.7. The second-order valence-corrected chi connectivity index (χ2v) is 7.17. The molecule has 1 aromatic carbocycles. The molecule has 1 amide bonds. The van der Waals surface area contributed by atoms with Gasteiger partial charge in [-0.2, -0.15) is 5.10 Å². The molecule has 2 aromatic heterocycles. The van der Waals surface area contributed by atoms with E-state index < -0.39 is 0 Å². The molecule has 0 radical (unpaired) electrons. The number of methoxy groups -OCH3 is 1. The Balaban J connectivity index is 1.62. The predicted molar refractivity (Wildman–Crippen MR) is 105 cm³/mol. The second-order valence-electron chi connectivity index (χ2n) is 5.83. The van der Waals surface area contributed by atoms with Gasteiger partial charge in [-0.05, 0) is 48.6 Å². The Kier molecular flexibility index (Phi) is 5.85. The number of hydrogen-bond donors (Lipinski definition) is 2. The highest BCUT2D eigenvalue weighted by molar-refractivity contribution is 7.71. The molecular formula is C18H20N4O2S2. The van der Waals surface area contributed by atoms with Crippen LogP contribution in [0.4, 0.5) is 0 Å². The van der Waals surface area contributed by atoms with Crippen molar-refractivity contribution in [1.82, 2.24) is 20.1 Å². The lowest BCUT2D eigenvalue weighted by Crippen LogP contribution is -2.29. The van der Waals surface area contributed by atoms with Crippen LogP contribution < -0.4 is 10.1 Å². The average molecular weight is 389 g/mol. The number of nitrogens with one attached hydrogen (secondary N) is 2. The zero-order valence-electron chi connectivity index (χ0n) is 14.6. The minimum atomic E-state index is -0.105. The van der Waals surface area contributed by atoms with E-state index in [9.17, 15) is 4.79 Å². The van der Waals surface area contributed by atoms with Crippen molar-refractivity contribution in [2.24, 2.45) is 0 Å². The lowest BCUT2D eigenvalue weighted by molar-refractivity contribution is -0.121. The van der Waals surface area contributed by atoms with Gasteiger partial charge in [-0.3, -0.25) is 14.5 Å². The van der Waals surface area contributed by atoms with Gasteiger partial charge in [0.1, 0.15) is 12.3 Å². The summed E-state index contributed by atoms with van der Waals surface area (Å²) in [5.41, 5.74) is 2.24. The summed E-state index contributed by atoms with van der Waals surface area (Å²) in [6.07, 6.45) is 0.700. The summed E-state index contributed by atoms with van der Waals surface area (Å²) in [6.45, 7) is 2.69. The molecule has 0 fully saturated rings. The number of thiophene rings is 1. The Morgan fingerprint density at radius 1 is 1.42 bits per heavy atom. The number of benzene rings is 1. The van der Waals surface area contributed by atoms with Crippen molar-refractivity contribution in [3.63, 3.8) is 0 Å². The molecule has 6 nitrogen and oxygen atoms in total. The van der Waals surface area contributed by atoms with Crippen LogP contribution in [-0.2, 0) is 17.8 Å². The van der Waals surface area contributed by atoms with E-state index >= 15 is 0 Å². The Labute approximate surface area is 160 Å². The highest BCUT2D eigenvalue weighted by Crippen LogP contribution is 2.22. The number of aryl methyl sites for hydroxylation is 1. The first-order valence-electron chi connectivity index (χ1n) is 8.18. The predicted octanol–water partition coefficient (Wildman–Crippen LogP) is 3.35. The number of amides is 1. The molecule has 3 rings (SSSR count). The highest BCUT2D eigenvalue weighted by Gasteiger charge is 2.13. The Morgan fingerprint density at radius 2 is 2.27 bits per heavy atom. The summed E-state index contributed by atoms with van der Waals surface area (Å²) < 4.78 is 7.52. The van der Waals surface area contributed by atoms with Crippen molar-refractivity contribution in [2.45, 2.75) is 19.9 Å². The van der Waals surface area contributed by atoms with Gasteiger partial charge in [-0.15, -0.1) is 11.3 Å². The molecule has 26 heavy (non-hydrogen) atoms. The molecule has 0 saturated heterocycles. The molecule has 0 bridgehead atoms. The van der Waals surface area contributed by atoms with E-state index in [2.05, 4.69) is 21.6 Å². The van der Waals surface area contributed by atoms with E-state index in [0.29, 0.717) is 23.6 Å². The van der Waals surface area contributed by atoms with Crippen LogP contribution in [0.15, 0.2) is 35.7 Å². The molecule has 0 aliphatic carbocycles. The maximum atomic E-state index is 12.3. The van der Waals surface area contributed by atoms with Gasteiger partial charge in [0.25, 0.3) is 0 Å². The second kappa shape index (κ2) is 8.29. The van der Waals surface area contributed by atoms with Gasteiger partial charge in [0, 0.05) is 6.54 Å². The topological polar surface area (TPSA) is 71.9 Å². The number of rotatable bonds is 7. The molecule has 8 heteroatoms. The first-order valence-corrected chi connectivity index (χ1v) is 9.46. The van der Waals surface area contributed by atoms with Crippen LogP contribution in [0.5, 0.6) is 5.75 Å². The third-order valence-corrected chi connectivity index (χ3v) is 5.13. The first kappa shape index (κ1) is 18.3. The number of carbonyl (C=O) groups is 1. The minimum Gasteiger partial charge on any atom is -0.496 e. The van der Waals surface area contributed by atoms with E-state index in [0.717, 1.165) is 21.8 Å². The summed E-state index contributed by atoms with van der Waals surface area (Å²) in [4.78, 5) is 13.3. The van der Waals surface area contributed by atoms with Crippen LogP contribution in [0.3, 0.4) is 0 Å². The minimum absolute atomic E-state index is 0.105. The number of hydrogen-bond acceptors (Lipinski definition) is 5. The monoisotopic (exact) mass is 388 g/mol. The molecule has 0 saturated carbocycles. The number of aromatic amines is 1. The summed E-state index contributed by atoms with van der Waals surface area (Å²) in [5, 5.41) is 11.9. The fraction of sp³-hybridized carbons (Fsp3) is 0.278. The van der Waals surface area contributed by atoms with Crippen molar-refractivity contribution < 1.29 is 9.53 Å². The largest absolute Gasteiger partial charge is 0.496 e. The van der Waals surface area contributed by atoms with Crippen molar-refractivity contribution >= 4 is 29.5 Å². The molecule has 0 unspecified atom stereocenters. The van der Waals surface area contributed by atoms with Gasteiger partial charge in [0.2, 0.25) is 5.91 Å². The van der Waals surface area contributed by atoms with E-state index in [-0.39, 0.29) is 12.5 Å². The van der Waals surface area contributed by atoms with E-state index in [4.69, 9.17) is 17.0 Å². The summed E-state index contributed by atoms with van der Waals surface area (Å²) >= 11 is 6.81. The molecule has 3 aromatic rings. The molecule has 136 valence electrons. The fourth-order valence-corrected chi connectivity index (χ4v) is 3.62. The zero-order chi connectivity index (χ0) is 18.5. The maximum Gasteiger partial charge on any atom is 0.240 e. The number of H-pyrrole nitrogens is 1. The SMILES string of the molecule is COc1ccc(C)cc1CCNC(=O)Cn1c(-c2cccs2)n[nH]c1=S. The van der Waals surface area contributed by atoms with E-state index in [1.54, 1.807) is 23.0 Å². The Bertz CT molecular complexity index is 945. The van der Waals surface area contributed by atoms with Gasteiger partial charge in [-0.25, -0.2) is 0 Å². The maximum absolute atomic E-state index is 12.3. The van der Waals surface area contributed by atoms with Crippen LogP contribution in [-0.4, -0.2) is 34.3 Å². The summed E-state index contributed by atoms with van der Waals surface area (Å²) in [6, 6.07) is 9.93. The first-order chi connectivity index (χ1) is 12.6.